The van der Waals surface area contributed by atoms with Crippen LogP contribution in [0.5, 0.6) is 5.75 Å². The molecule has 0 aliphatic carbocycles. The van der Waals surface area contributed by atoms with Gasteiger partial charge in [-0.05, 0) is 12.1 Å². The Balaban J connectivity index is 2.50. The van der Waals surface area contributed by atoms with E-state index in [-0.39, 0.29) is 12.4 Å². The van der Waals surface area contributed by atoms with Crippen molar-refractivity contribution in [2.45, 2.75) is 6.61 Å². The quantitative estimate of drug-likeness (QED) is 0.880. The van der Waals surface area contributed by atoms with Crippen LogP contribution >= 0.6 is 23.2 Å². The van der Waals surface area contributed by atoms with Gasteiger partial charge in [0, 0.05) is 17.3 Å². The predicted molar refractivity (Wildman–Crippen MR) is 67.3 cm³/mol. The highest BCUT2D eigenvalue weighted by atomic mass is 35.5. The Morgan fingerprint density at radius 1 is 1.18 bits per heavy atom. The molecule has 2 rings (SSSR count). The molecule has 17 heavy (non-hydrogen) atoms. The lowest BCUT2D eigenvalue weighted by Crippen LogP contribution is -1.88. The van der Waals surface area contributed by atoms with Crippen LogP contribution < -0.4 is 0 Å². The number of aromatic nitrogens is 1. The lowest BCUT2D eigenvalue weighted by molar-refractivity contribution is 0.275. The zero-order valence-corrected chi connectivity index (χ0v) is 10.2. The number of halogens is 2. The summed E-state index contributed by atoms with van der Waals surface area (Å²) in [5.41, 5.74) is 1.66. The summed E-state index contributed by atoms with van der Waals surface area (Å²) >= 11 is 11.8. The second-order valence-electron chi connectivity index (χ2n) is 3.49. The molecule has 0 saturated carbocycles. The van der Waals surface area contributed by atoms with Gasteiger partial charge in [-0.1, -0.05) is 35.3 Å². The third-order valence-electron chi connectivity index (χ3n) is 2.34. The Morgan fingerprint density at radius 3 is 2.53 bits per heavy atom. The van der Waals surface area contributed by atoms with Crippen LogP contribution in [0.4, 0.5) is 0 Å². The van der Waals surface area contributed by atoms with Crippen LogP contribution in [0.2, 0.25) is 10.0 Å². The van der Waals surface area contributed by atoms with E-state index < -0.39 is 0 Å². The summed E-state index contributed by atoms with van der Waals surface area (Å²) in [7, 11) is 0. The average Bonchev–Trinajstić information content (AvgIpc) is 2.29. The minimum absolute atomic E-state index is 0.0119. The van der Waals surface area contributed by atoms with Crippen molar-refractivity contribution in [3.05, 3.63) is 46.1 Å². The molecule has 0 spiro atoms. The fourth-order valence-electron chi connectivity index (χ4n) is 1.47. The highest BCUT2D eigenvalue weighted by Crippen LogP contribution is 2.31. The van der Waals surface area contributed by atoms with E-state index in [0.29, 0.717) is 26.9 Å². The van der Waals surface area contributed by atoms with Crippen LogP contribution in [0.25, 0.3) is 11.3 Å². The van der Waals surface area contributed by atoms with E-state index in [2.05, 4.69) is 4.98 Å². The Bertz CT molecular complexity index is 558. The number of pyridine rings is 1. The van der Waals surface area contributed by atoms with Crippen molar-refractivity contribution in [1.82, 2.24) is 4.98 Å². The molecule has 0 aliphatic heterocycles. The largest absolute Gasteiger partial charge is 0.508 e. The number of nitrogens with zero attached hydrogens (tertiary/aromatic N) is 1. The average molecular weight is 270 g/mol. The number of hydrogen-bond acceptors (Lipinski definition) is 3. The molecule has 2 aromatic rings. The van der Waals surface area contributed by atoms with Gasteiger partial charge in [0.1, 0.15) is 5.75 Å². The van der Waals surface area contributed by atoms with E-state index >= 15 is 0 Å². The molecular formula is C12H9Cl2NO2. The molecule has 0 saturated heterocycles. The molecular weight excluding hydrogens is 261 g/mol. The van der Waals surface area contributed by atoms with Crippen molar-refractivity contribution in [1.29, 1.82) is 0 Å². The molecule has 5 heteroatoms. The maximum atomic E-state index is 9.64. The van der Waals surface area contributed by atoms with Gasteiger partial charge >= 0.3 is 0 Å². The molecule has 1 heterocycles. The van der Waals surface area contributed by atoms with Crippen LogP contribution in [0, 0.1) is 0 Å². The molecule has 1 aromatic carbocycles. The topological polar surface area (TPSA) is 53.4 Å². The summed E-state index contributed by atoms with van der Waals surface area (Å²) in [6.45, 7) is -0.214. The number of phenols is 1. The van der Waals surface area contributed by atoms with Crippen LogP contribution in [0.3, 0.4) is 0 Å². The lowest BCUT2D eigenvalue weighted by Gasteiger charge is -2.06. The van der Waals surface area contributed by atoms with Crippen LogP contribution in [0.1, 0.15) is 5.56 Å². The third-order valence-corrected chi connectivity index (χ3v) is 2.83. The summed E-state index contributed by atoms with van der Waals surface area (Å²) in [6, 6.07) is 6.45. The van der Waals surface area contributed by atoms with E-state index in [1.807, 2.05) is 0 Å². The lowest BCUT2D eigenvalue weighted by atomic mass is 10.1. The Morgan fingerprint density at radius 2 is 1.94 bits per heavy atom. The molecule has 0 fully saturated rings. The highest BCUT2D eigenvalue weighted by Gasteiger charge is 2.08. The summed E-state index contributed by atoms with van der Waals surface area (Å²) in [6.07, 6.45) is 1.49. The number of benzene rings is 1. The maximum Gasteiger partial charge on any atom is 0.121 e. The van der Waals surface area contributed by atoms with Crippen molar-refractivity contribution in [3.63, 3.8) is 0 Å². The van der Waals surface area contributed by atoms with Crippen molar-refractivity contribution in [2.75, 3.05) is 0 Å². The molecule has 0 amide bonds. The first-order valence-corrected chi connectivity index (χ1v) is 5.61. The normalized spacial score (nSPS) is 10.5. The zero-order valence-electron chi connectivity index (χ0n) is 8.69. The molecule has 88 valence electrons. The second kappa shape index (κ2) is 4.92. The fourth-order valence-corrected chi connectivity index (χ4v) is 1.96. The van der Waals surface area contributed by atoms with Crippen molar-refractivity contribution in [3.8, 4) is 17.0 Å². The summed E-state index contributed by atoms with van der Waals surface area (Å²) in [5.74, 6) is 0.0119. The van der Waals surface area contributed by atoms with Gasteiger partial charge in [-0.25, -0.2) is 0 Å². The molecule has 3 nitrogen and oxygen atoms in total. The van der Waals surface area contributed by atoms with E-state index in [9.17, 15) is 5.11 Å². The molecule has 1 aromatic heterocycles. The zero-order chi connectivity index (χ0) is 12.4. The number of aliphatic hydroxyl groups is 1. The SMILES string of the molecule is OCc1ccc(-c2ncc(Cl)cc2Cl)cc1O. The molecule has 2 N–H and O–H groups in total. The van der Waals surface area contributed by atoms with Crippen molar-refractivity contribution >= 4 is 23.2 Å². The fraction of sp³-hybridized carbons (Fsp3) is 0.0833. The third kappa shape index (κ3) is 2.52. The summed E-state index contributed by atoms with van der Waals surface area (Å²) < 4.78 is 0. The standard InChI is InChI=1S/C12H9Cl2NO2/c13-9-4-10(14)12(15-5-9)7-1-2-8(6-16)11(17)3-7/h1-5,16-17H,6H2. The molecule has 0 unspecified atom stereocenters. The number of rotatable bonds is 2. The second-order valence-corrected chi connectivity index (χ2v) is 4.33. The Labute approximate surface area is 108 Å². The maximum absolute atomic E-state index is 9.64. The van der Waals surface area contributed by atoms with Crippen LogP contribution in [0.15, 0.2) is 30.5 Å². The van der Waals surface area contributed by atoms with E-state index in [1.54, 1.807) is 18.2 Å². The van der Waals surface area contributed by atoms with Gasteiger partial charge in [0.2, 0.25) is 0 Å². The highest BCUT2D eigenvalue weighted by molar-refractivity contribution is 6.36. The van der Waals surface area contributed by atoms with E-state index in [1.165, 1.54) is 12.3 Å². The predicted octanol–water partition coefficient (Wildman–Crippen LogP) is 3.25. The van der Waals surface area contributed by atoms with Gasteiger partial charge in [0.05, 0.1) is 22.3 Å². The van der Waals surface area contributed by atoms with Gasteiger partial charge in [0.25, 0.3) is 0 Å². The van der Waals surface area contributed by atoms with E-state index in [0.717, 1.165) is 0 Å². The van der Waals surface area contributed by atoms with Gasteiger partial charge in [-0.15, -0.1) is 0 Å². The smallest absolute Gasteiger partial charge is 0.121 e. The van der Waals surface area contributed by atoms with Gasteiger partial charge in [-0.3, -0.25) is 4.98 Å². The minimum atomic E-state index is -0.214. The summed E-state index contributed by atoms with van der Waals surface area (Å²) in [5, 5.41) is 19.5. The van der Waals surface area contributed by atoms with Crippen LogP contribution in [-0.2, 0) is 6.61 Å². The Kier molecular flexibility index (Phi) is 3.52. The van der Waals surface area contributed by atoms with Crippen molar-refractivity contribution < 1.29 is 10.2 Å². The summed E-state index contributed by atoms with van der Waals surface area (Å²) in [4.78, 5) is 4.11. The number of aliphatic hydroxyl groups excluding tert-OH is 1. The molecule has 0 radical (unpaired) electrons. The monoisotopic (exact) mass is 269 g/mol. The molecule has 0 bridgehead atoms. The number of aromatic hydroxyl groups is 1. The van der Waals surface area contributed by atoms with Crippen LogP contribution in [-0.4, -0.2) is 15.2 Å². The minimum Gasteiger partial charge on any atom is -0.508 e. The molecule has 0 aliphatic rings. The van der Waals surface area contributed by atoms with E-state index in [4.69, 9.17) is 28.3 Å². The molecule has 0 atom stereocenters. The van der Waals surface area contributed by atoms with Gasteiger partial charge in [-0.2, -0.15) is 0 Å². The first kappa shape index (κ1) is 12.2. The first-order chi connectivity index (χ1) is 8.11. The number of hydrogen-bond donors (Lipinski definition) is 2. The first-order valence-electron chi connectivity index (χ1n) is 4.86. The Hall–Kier alpha value is -1.29. The van der Waals surface area contributed by atoms with Crippen molar-refractivity contribution in [2.24, 2.45) is 0 Å². The van der Waals surface area contributed by atoms with Gasteiger partial charge < -0.3 is 10.2 Å². The van der Waals surface area contributed by atoms with Gasteiger partial charge in [0.15, 0.2) is 0 Å².